The van der Waals surface area contributed by atoms with Crippen molar-refractivity contribution in [3.8, 4) is 0 Å². The fraction of sp³-hybridized carbons (Fsp3) is 0.909. The summed E-state index contributed by atoms with van der Waals surface area (Å²) in [4.78, 5) is 14.0. The van der Waals surface area contributed by atoms with E-state index in [1.54, 1.807) is 7.11 Å². The maximum Gasteiger partial charge on any atom is 0.225 e. The van der Waals surface area contributed by atoms with E-state index in [2.05, 4.69) is 0 Å². The molecule has 2 aliphatic rings. The first-order chi connectivity index (χ1) is 7.24. The molecule has 2 rings (SSSR count). The Morgan fingerprint density at radius 2 is 2.40 bits per heavy atom. The number of fused-ring (bicyclic) bond motifs is 2. The van der Waals surface area contributed by atoms with Crippen molar-refractivity contribution in [2.45, 2.75) is 37.8 Å². The van der Waals surface area contributed by atoms with E-state index in [-0.39, 0.29) is 12.0 Å². The van der Waals surface area contributed by atoms with E-state index in [0.29, 0.717) is 19.0 Å². The Labute approximate surface area is 90.8 Å². The summed E-state index contributed by atoms with van der Waals surface area (Å²) in [7, 11) is 1.61. The van der Waals surface area contributed by atoms with Crippen LogP contribution in [0.3, 0.4) is 0 Å². The molecule has 3 unspecified atom stereocenters. The third kappa shape index (κ3) is 2.16. The van der Waals surface area contributed by atoms with Gasteiger partial charge in [0.05, 0.1) is 12.5 Å². The maximum atomic E-state index is 12.0. The smallest absolute Gasteiger partial charge is 0.225 e. The quantitative estimate of drug-likeness (QED) is 0.732. The molecule has 15 heavy (non-hydrogen) atoms. The summed E-state index contributed by atoms with van der Waals surface area (Å²) in [6, 6.07) is 0.512. The zero-order valence-corrected chi connectivity index (χ0v) is 9.32. The molecule has 1 amide bonds. The van der Waals surface area contributed by atoms with Crippen molar-refractivity contribution in [1.82, 2.24) is 4.90 Å². The lowest BCUT2D eigenvalue weighted by atomic mass is 10.1. The second-order valence-corrected chi connectivity index (χ2v) is 4.68. The van der Waals surface area contributed by atoms with Crippen LogP contribution in [0.15, 0.2) is 0 Å². The first-order valence-corrected chi connectivity index (χ1v) is 5.77. The fourth-order valence-electron chi connectivity index (χ4n) is 2.81. The molecule has 2 fully saturated rings. The van der Waals surface area contributed by atoms with Crippen molar-refractivity contribution in [3.05, 3.63) is 0 Å². The van der Waals surface area contributed by atoms with Gasteiger partial charge < -0.3 is 15.4 Å². The predicted octanol–water partition coefficient (Wildman–Crippen LogP) is 0.361. The summed E-state index contributed by atoms with van der Waals surface area (Å²) in [5, 5.41) is 0. The predicted molar refractivity (Wildman–Crippen MR) is 57.3 cm³/mol. The summed E-state index contributed by atoms with van der Waals surface area (Å²) in [5.74, 6) is 0.984. The van der Waals surface area contributed by atoms with Gasteiger partial charge in [-0.2, -0.15) is 0 Å². The zero-order valence-electron chi connectivity index (χ0n) is 9.32. The Hall–Kier alpha value is -0.610. The van der Waals surface area contributed by atoms with E-state index in [9.17, 15) is 4.79 Å². The summed E-state index contributed by atoms with van der Waals surface area (Å²) in [6.07, 6.45) is 4.04. The van der Waals surface area contributed by atoms with E-state index in [0.717, 1.165) is 12.5 Å². The summed E-state index contributed by atoms with van der Waals surface area (Å²) >= 11 is 0. The Morgan fingerprint density at radius 1 is 1.60 bits per heavy atom. The van der Waals surface area contributed by atoms with Crippen molar-refractivity contribution in [2.24, 2.45) is 11.7 Å². The monoisotopic (exact) mass is 212 g/mol. The van der Waals surface area contributed by atoms with Crippen LogP contribution in [0.25, 0.3) is 0 Å². The molecule has 0 aromatic rings. The number of hydrogen-bond donors (Lipinski definition) is 1. The molecule has 4 heteroatoms. The van der Waals surface area contributed by atoms with Gasteiger partial charge in [-0.05, 0) is 25.2 Å². The van der Waals surface area contributed by atoms with Gasteiger partial charge in [-0.3, -0.25) is 4.79 Å². The molecule has 86 valence electrons. The molecule has 1 aliphatic heterocycles. The number of nitrogens with zero attached hydrogens (tertiary/aromatic N) is 1. The summed E-state index contributed by atoms with van der Waals surface area (Å²) < 4.78 is 5.14. The van der Waals surface area contributed by atoms with Crippen LogP contribution in [-0.4, -0.2) is 43.2 Å². The van der Waals surface area contributed by atoms with Gasteiger partial charge in [0.2, 0.25) is 5.91 Å². The van der Waals surface area contributed by atoms with Gasteiger partial charge >= 0.3 is 0 Å². The zero-order chi connectivity index (χ0) is 10.8. The molecule has 1 heterocycles. The molecule has 1 saturated carbocycles. The van der Waals surface area contributed by atoms with E-state index in [4.69, 9.17) is 10.5 Å². The molecular weight excluding hydrogens is 192 g/mol. The lowest BCUT2D eigenvalue weighted by Gasteiger charge is -2.28. The number of carbonyl (C=O) groups is 1. The molecule has 0 radical (unpaired) electrons. The number of rotatable bonds is 4. The molecule has 0 spiro atoms. The van der Waals surface area contributed by atoms with Gasteiger partial charge in [-0.25, -0.2) is 0 Å². The number of likely N-dealkylation sites (tertiary alicyclic amines) is 1. The third-order valence-corrected chi connectivity index (χ3v) is 3.73. The highest BCUT2D eigenvalue weighted by molar-refractivity contribution is 5.77. The highest BCUT2D eigenvalue weighted by atomic mass is 16.5. The molecule has 3 atom stereocenters. The van der Waals surface area contributed by atoms with Gasteiger partial charge in [0.15, 0.2) is 0 Å². The largest absolute Gasteiger partial charge is 0.380 e. The number of ether oxygens (including phenoxy) is 1. The van der Waals surface area contributed by atoms with Gasteiger partial charge in [0.1, 0.15) is 0 Å². The average Bonchev–Trinajstić information content (AvgIpc) is 2.87. The fourth-order valence-corrected chi connectivity index (χ4v) is 2.81. The normalized spacial score (nSPS) is 30.9. The maximum absolute atomic E-state index is 12.0. The molecule has 1 aliphatic carbocycles. The summed E-state index contributed by atoms with van der Waals surface area (Å²) in [5.41, 5.74) is 5.51. The van der Waals surface area contributed by atoms with Crippen LogP contribution in [-0.2, 0) is 9.53 Å². The van der Waals surface area contributed by atoms with Crippen molar-refractivity contribution < 1.29 is 9.53 Å². The number of piperidine rings is 1. The lowest BCUT2D eigenvalue weighted by Crippen LogP contribution is -2.40. The van der Waals surface area contributed by atoms with E-state index < -0.39 is 0 Å². The Bertz CT molecular complexity index is 241. The van der Waals surface area contributed by atoms with Gasteiger partial charge in [-0.1, -0.05) is 0 Å². The number of nitrogens with two attached hydrogens (primary N) is 1. The van der Waals surface area contributed by atoms with Crippen LogP contribution >= 0.6 is 0 Å². The van der Waals surface area contributed by atoms with E-state index >= 15 is 0 Å². The first kappa shape index (κ1) is 10.9. The lowest BCUT2D eigenvalue weighted by molar-refractivity contribution is -0.135. The van der Waals surface area contributed by atoms with Crippen LogP contribution in [0.5, 0.6) is 0 Å². The number of carbonyl (C=O) groups excluding carboxylic acids is 1. The molecule has 2 bridgehead atoms. The minimum absolute atomic E-state index is 0.114. The molecular formula is C11H20N2O2. The standard InChI is InChI=1S/C11H20N2O2/c1-15-10(6-12)5-11(14)13-7-8-2-3-9(13)4-8/h8-10H,2-7,12H2,1H3. The topological polar surface area (TPSA) is 55.6 Å². The average molecular weight is 212 g/mol. The number of hydrogen-bond acceptors (Lipinski definition) is 3. The number of methoxy groups -OCH3 is 1. The van der Waals surface area contributed by atoms with Gasteiger partial charge in [0.25, 0.3) is 0 Å². The first-order valence-electron chi connectivity index (χ1n) is 5.77. The molecule has 1 saturated heterocycles. The van der Waals surface area contributed by atoms with E-state index in [1.807, 2.05) is 4.90 Å². The Balaban J connectivity index is 1.86. The van der Waals surface area contributed by atoms with E-state index in [1.165, 1.54) is 19.3 Å². The Kier molecular flexibility index (Phi) is 3.26. The van der Waals surface area contributed by atoms with Gasteiger partial charge in [-0.15, -0.1) is 0 Å². The SMILES string of the molecule is COC(CN)CC(=O)N1CC2CCC1C2. The second kappa shape index (κ2) is 4.49. The third-order valence-electron chi connectivity index (χ3n) is 3.73. The molecule has 2 N–H and O–H groups in total. The number of amides is 1. The molecule has 0 aromatic carbocycles. The van der Waals surface area contributed by atoms with Crippen molar-refractivity contribution in [3.63, 3.8) is 0 Å². The van der Waals surface area contributed by atoms with Crippen molar-refractivity contribution >= 4 is 5.91 Å². The minimum Gasteiger partial charge on any atom is -0.380 e. The van der Waals surface area contributed by atoms with Crippen molar-refractivity contribution in [2.75, 3.05) is 20.2 Å². The second-order valence-electron chi connectivity index (χ2n) is 4.68. The summed E-state index contributed by atoms with van der Waals surface area (Å²) in [6.45, 7) is 1.38. The van der Waals surface area contributed by atoms with Crippen LogP contribution in [0.2, 0.25) is 0 Å². The highest BCUT2D eigenvalue weighted by Crippen LogP contribution is 2.37. The van der Waals surface area contributed by atoms with Crippen LogP contribution in [0.1, 0.15) is 25.7 Å². The Morgan fingerprint density at radius 3 is 2.87 bits per heavy atom. The van der Waals surface area contributed by atoms with Gasteiger partial charge in [0, 0.05) is 26.2 Å². The van der Waals surface area contributed by atoms with Crippen LogP contribution in [0.4, 0.5) is 0 Å². The van der Waals surface area contributed by atoms with Crippen molar-refractivity contribution in [1.29, 1.82) is 0 Å². The molecule has 0 aromatic heterocycles. The van der Waals surface area contributed by atoms with Crippen LogP contribution < -0.4 is 5.73 Å². The van der Waals surface area contributed by atoms with Crippen LogP contribution in [0, 0.1) is 5.92 Å². The molecule has 4 nitrogen and oxygen atoms in total. The minimum atomic E-state index is -0.114. The highest BCUT2D eigenvalue weighted by Gasteiger charge is 2.40.